The van der Waals surface area contributed by atoms with E-state index in [1.807, 2.05) is 4.90 Å². The Morgan fingerprint density at radius 2 is 2.11 bits per heavy atom. The highest BCUT2D eigenvalue weighted by atomic mass is 32.1. The lowest BCUT2D eigenvalue weighted by atomic mass is 9.86. The van der Waals surface area contributed by atoms with E-state index in [0.717, 1.165) is 6.54 Å². The summed E-state index contributed by atoms with van der Waals surface area (Å²) >= 11 is 1.31. The number of hydrogen-bond donors (Lipinski definition) is 1. The van der Waals surface area contributed by atoms with E-state index in [1.54, 1.807) is 7.05 Å². The normalized spacial score (nSPS) is 28.2. The van der Waals surface area contributed by atoms with Crippen LogP contribution in [0.3, 0.4) is 0 Å². The minimum atomic E-state index is 0.0138. The average Bonchev–Trinajstić information content (AvgIpc) is 2.81. The Bertz CT molecular complexity index is 433. The predicted octanol–water partition coefficient (Wildman–Crippen LogP) is 2.09. The van der Waals surface area contributed by atoms with Crippen LogP contribution < -0.4 is 5.32 Å². The largest absolute Gasteiger partial charge is 0.363 e. The summed E-state index contributed by atoms with van der Waals surface area (Å²) in [5.41, 5.74) is 0. The minimum absolute atomic E-state index is 0.0138. The van der Waals surface area contributed by atoms with Gasteiger partial charge in [0.2, 0.25) is 10.1 Å². The summed E-state index contributed by atoms with van der Waals surface area (Å²) in [5, 5.41) is 12.0. The van der Waals surface area contributed by atoms with Gasteiger partial charge in [-0.3, -0.25) is 4.79 Å². The van der Waals surface area contributed by atoms with Gasteiger partial charge in [-0.2, -0.15) is 0 Å². The second-order valence-electron chi connectivity index (χ2n) is 5.18. The number of carbonyl (C=O) groups excluding carboxylic acids is 1. The minimum Gasteiger partial charge on any atom is -0.363 e. The van der Waals surface area contributed by atoms with Crippen molar-refractivity contribution >= 4 is 22.4 Å². The first-order valence-corrected chi connectivity index (χ1v) is 7.16. The van der Waals surface area contributed by atoms with Crippen molar-refractivity contribution in [3.05, 3.63) is 5.01 Å². The molecule has 0 radical (unpaired) electrons. The third-order valence-corrected chi connectivity index (χ3v) is 4.61. The van der Waals surface area contributed by atoms with Gasteiger partial charge in [-0.1, -0.05) is 25.2 Å². The quantitative estimate of drug-likeness (QED) is 0.892. The zero-order chi connectivity index (χ0) is 13.3. The van der Waals surface area contributed by atoms with Gasteiger partial charge in [0, 0.05) is 19.6 Å². The summed E-state index contributed by atoms with van der Waals surface area (Å²) < 4.78 is 0. The molecule has 1 aromatic heterocycles. The van der Waals surface area contributed by atoms with E-state index >= 15 is 0 Å². The summed E-state index contributed by atoms with van der Waals surface area (Å²) in [5.74, 6) is 1.10. The molecule has 2 rings (SSSR count). The molecule has 6 heteroatoms. The van der Waals surface area contributed by atoms with Crippen molar-refractivity contribution in [1.82, 2.24) is 15.1 Å². The summed E-state index contributed by atoms with van der Waals surface area (Å²) in [7, 11) is 1.78. The molecule has 1 fully saturated rings. The highest BCUT2D eigenvalue weighted by Gasteiger charge is 2.33. The molecule has 1 saturated heterocycles. The summed E-state index contributed by atoms with van der Waals surface area (Å²) in [4.78, 5) is 14.4. The van der Waals surface area contributed by atoms with Gasteiger partial charge in [0.25, 0.3) is 5.91 Å². The van der Waals surface area contributed by atoms with Gasteiger partial charge in [0.1, 0.15) is 0 Å². The Hall–Kier alpha value is -1.17. The Morgan fingerprint density at radius 3 is 2.72 bits per heavy atom. The van der Waals surface area contributed by atoms with Crippen LogP contribution in [0.5, 0.6) is 0 Å². The number of carbonyl (C=O) groups is 1. The van der Waals surface area contributed by atoms with Gasteiger partial charge < -0.3 is 10.2 Å². The van der Waals surface area contributed by atoms with Crippen LogP contribution in [0.2, 0.25) is 0 Å². The van der Waals surface area contributed by atoms with Crippen molar-refractivity contribution < 1.29 is 4.79 Å². The van der Waals surface area contributed by atoms with E-state index in [0.29, 0.717) is 22.0 Å². The first-order valence-electron chi connectivity index (χ1n) is 6.35. The molecule has 0 saturated carbocycles. The summed E-state index contributed by atoms with van der Waals surface area (Å²) in [6.07, 6.45) is 1.18. The number of nitrogens with one attached hydrogen (secondary N) is 1. The van der Waals surface area contributed by atoms with Crippen LogP contribution in [0.25, 0.3) is 0 Å². The van der Waals surface area contributed by atoms with Gasteiger partial charge in [0.15, 0.2) is 0 Å². The molecular weight excluding hydrogens is 248 g/mol. The Morgan fingerprint density at radius 1 is 1.39 bits per heavy atom. The number of aromatic nitrogens is 2. The lowest BCUT2D eigenvalue weighted by Crippen LogP contribution is -2.48. The fourth-order valence-corrected chi connectivity index (χ4v) is 3.17. The monoisotopic (exact) mass is 268 g/mol. The van der Waals surface area contributed by atoms with Gasteiger partial charge in [-0.15, -0.1) is 10.2 Å². The van der Waals surface area contributed by atoms with Crippen LogP contribution in [-0.4, -0.2) is 40.6 Å². The van der Waals surface area contributed by atoms with Crippen LogP contribution in [0.1, 0.15) is 37.0 Å². The number of amides is 1. The first-order chi connectivity index (χ1) is 8.52. The number of likely N-dealkylation sites (tertiary alicyclic amines) is 1. The van der Waals surface area contributed by atoms with Gasteiger partial charge in [-0.25, -0.2) is 0 Å². The molecule has 3 atom stereocenters. The molecule has 1 amide bonds. The molecule has 1 aromatic rings. The molecule has 0 spiro atoms. The van der Waals surface area contributed by atoms with E-state index in [1.165, 1.54) is 17.8 Å². The van der Waals surface area contributed by atoms with Crippen LogP contribution in [0, 0.1) is 11.8 Å². The molecule has 5 nitrogen and oxygen atoms in total. The fourth-order valence-electron chi connectivity index (χ4n) is 2.52. The summed E-state index contributed by atoms with van der Waals surface area (Å²) in [6.45, 7) is 7.34. The third kappa shape index (κ3) is 2.48. The molecule has 3 unspecified atom stereocenters. The second kappa shape index (κ2) is 5.22. The first kappa shape index (κ1) is 13.3. The predicted molar refractivity (Wildman–Crippen MR) is 72.9 cm³/mol. The fraction of sp³-hybridized carbons (Fsp3) is 0.750. The average molecular weight is 268 g/mol. The van der Waals surface area contributed by atoms with E-state index in [4.69, 9.17) is 0 Å². The van der Waals surface area contributed by atoms with Crippen LogP contribution >= 0.6 is 11.3 Å². The smallest absolute Gasteiger partial charge is 0.285 e. The number of hydrogen-bond acceptors (Lipinski definition) is 5. The van der Waals surface area contributed by atoms with Crippen molar-refractivity contribution in [2.75, 3.05) is 18.9 Å². The molecular formula is C12H20N4OS. The number of anilines is 1. The van der Waals surface area contributed by atoms with E-state index in [9.17, 15) is 4.79 Å². The Kier molecular flexibility index (Phi) is 3.85. The lowest BCUT2D eigenvalue weighted by molar-refractivity contribution is 0.0454. The van der Waals surface area contributed by atoms with Gasteiger partial charge in [-0.05, 0) is 25.2 Å². The van der Waals surface area contributed by atoms with Crippen molar-refractivity contribution in [1.29, 1.82) is 0 Å². The molecule has 1 aliphatic rings. The highest BCUT2D eigenvalue weighted by molar-refractivity contribution is 7.17. The molecule has 1 N–H and O–H groups in total. The molecule has 100 valence electrons. The van der Waals surface area contributed by atoms with Crippen molar-refractivity contribution in [2.24, 2.45) is 11.8 Å². The number of rotatable bonds is 2. The van der Waals surface area contributed by atoms with Crippen LogP contribution in [0.15, 0.2) is 0 Å². The van der Waals surface area contributed by atoms with Crippen LogP contribution in [0.4, 0.5) is 5.13 Å². The molecule has 1 aliphatic heterocycles. The van der Waals surface area contributed by atoms with Crippen molar-refractivity contribution in [2.45, 2.75) is 33.2 Å². The van der Waals surface area contributed by atoms with Crippen LogP contribution in [-0.2, 0) is 0 Å². The van der Waals surface area contributed by atoms with Gasteiger partial charge >= 0.3 is 0 Å². The maximum Gasteiger partial charge on any atom is 0.285 e. The zero-order valence-electron chi connectivity index (χ0n) is 11.3. The molecule has 18 heavy (non-hydrogen) atoms. The molecule has 2 heterocycles. The summed E-state index contributed by atoms with van der Waals surface area (Å²) in [6, 6.07) is 0.274. The standard InChI is InChI=1S/C12H20N4OS/c1-7-5-8(2)9(3)16(6-7)11(17)10-14-15-12(13-4)18-10/h7-9H,5-6H2,1-4H3,(H,13,15). The second-order valence-corrected chi connectivity index (χ2v) is 6.16. The lowest BCUT2D eigenvalue weighted by Gasteiger charge is -2.40. The molecule has 0 aromatic carbocycles. The Balaban J connectivity index is 2.16. The molecule has 0 bridgehead atoms. The SMILES string of the molecule is CNc1nnc(C(=O)N2CC(C)CC(C)C2C)s1. The van der Waals surface area contributed by atoms with Crippen molar-refractivity contribution in [3.63, 3.8) is 0 Å². The number of piperidine rings is 1. The van der Waals surface area contributed by atoms with Gasteiger partial charge in [0.05, 0.1) is 0 Å². The Labute approximate surface area is 112 Å². The van der Waals surface area contributed by atoms with Crippen molar-refractivity contribution in [3.8, 4) is 0 Å². The van der Waals surface area contributed by atoms with E-state index in [-0.39, 0.29) is 11.9 Å². The maximum atomic E-state index is 12.4. The number of nitrogens with zero attached hydrogens (tertiary/aromatic N) is 3. The van der Waals surface area contributed by atoms with E-state index < -0.39 is 0 Å². The molecule has 0 aliphatic carbocycles. The zero-order valence-corrected chi connectivity index (χ0v) is 12.1. The third-order valence-electron chi connectivity index (χ3n) is 3.68. The topological polar surface area (TPSA) is 58.1 Å². The highest BCUT2D eigenvalue weighted by Crippen LogP contribution is 2.29. The van der Waals surface area contributed by atoms with E-state index in [2.05, 4.69) is 36.3 Å². The maximum absolute atomic E-state index is 12.4.